The summed E-state index contributed by atoms with van der Waals surface area (Å²) in [5, 5.41) is 62.2. The van der Waals surface area contributed by atoms with E-state index in [2.05, 4.69) is 112 Å². The molecule has 9 aromatic carbocycles. The lowest BCUT2D eigenvalue weighted by atomic mass is 10.1. The predicted octanol–water partition coefficient (Wildman–Crippen LogP) is 13.9. The molecule has 0 radical (unpaired) electrons. The summed E-state index contributed by atoms with van der Waals surface area (Å²) < 4.78 is 13.4. The second kappa shape index (κ2) is 14.3. The largest absolute Gasteiger partial charge is 0.504 e. The summed E-state index contributed by atoms with van der Waals surface area (Å²) in [7, 11) is 0. The Bertz CT molecular complexity index is 4440. The van der Waals surface area contributed by atoms with E-state index in [1.54, 1.807) is 11.3 Å². The van der Waals surface area contributed by atoms with Crippen molar-refractivity contribution < 1.29 is 29.9 Å². The van der Waals surface area contributed by atoms with E-state index >= 15 is 0 Å². The molecule has 5 aromatic heterocycles. The van der Waals surface area contributed by atoms with Crippen LogP contribution < -0.4 is 0 Å². The van der Waals surface area contributed by atoms with Crippen LogP contribution in [0.1, 0.15) is 0 Å². The van der Waals surface area contributed by atoms with Gasteiger partial charge in [0, 0.05) is 58.2 Å². The number of thiophene rings is 1. The van der Waals surface area contributed by atoms with E-state index in [1.807, 2.05) is 66.7 Å². The van der Waals surface area contributed by atoms with Crippen molar-refractivity contribution in [2.75, 3.05) is 0 Å². The number of nitrogens with zero attached hydrogens (tertiary/aromatic N) is 5. The average Bonchev–Trinajstić information content (AvgIpc) is 4.15. The zero-order valence-corrected chi connectivity index (χ0v) is 36.8. The molecular formula is C57H33N5O6S. The minimum Gasteiger partial charge on any atom is -0.504 e. The normalized spacial score (nSPS) is 12.1. The summed E-state index contributed by atoms with van der Waals surface area (Å²) in [6.45, 7) is 0. The van der Waals surface area contributed by atoms with Crippen LogP contribution in [0, 0.1) is 0 Å². The van der Waals surface area contributed by atoms with Crippen LogP contribution in [0.15, 0.2) is 174 Å². The molecule has 0 amide bonds. The number of hydrogen-bond acceptors (Lipinski definition) is 10. The lowest BCUT2D eigenvalue weighted by Gasteiger charge is -2.13. The number of rotatable bonds is 5. The number of hydrogen-bond donors (Lipinski definition) is 5. The molecule has 0 unspecified atom stereocenters. The Morgan fingerprint density at radius 2 is 0.928 bits per heavy atom. The quantitative estimate of drug-likeness (QED) is 0.0835. The molecule has 14 rings (SSSR count). The minimum absolute atomic E-state index is 0.154. The summed E-state index contributed by atoms with van der Waals surface area (Å²) in [5.41, 5.74) is 8.26. The Kier molecular flexibility index (Phi) is 8.05. The first kappa shape index (κ1) is 38.8. The van der Waals surface area contributed by atoms with Gasteiger partial charge in [-0.2, -0.15) is 0 Å². The van der Waals surface area contributed by atoms with E-state index < -0.39 is 34.3 Å². The lowest BCUT2D eigenvalue weighted by molar-refractivity contribution is 0.329. The fourth-order valence-electron chi connectivity index (χ4n) is 10.3. The number of phenols is 5. The number of furan rings is 1. The number of benzene rings is 9. The number of aromatic nitrogens is 5. The Morgan fingerprint density at radius 3 is 1.67 bits per heavy atom. The third-order valence-corrected chi connectivity index (χ3v) is 14.6. The van der Waals surface area contributed by atoms with Gasteiger partial charge >= 0.3 is 0 Å². The first-order valence-corrected chi connectivity index (χ1v) is 23.0. The van der Waals surface area contributed by atoms with Gasteiger partial charge in [0.2, 0.25) is 17.2 Å². The highest BCUT2D eigenvalue weighted by atomic mass is 32.1. The van der Waals surface area contributed by atoms with Gasteiger partial charge in [0.15, 0.2) is 29.0 Å². The SMILES string of the molecule is Oc1c(O)c(O)c(-c2nc(-c3ccc4c(c3)oc3cccc(-n5c6ccccc6c6c(-n7c8ccccc8c8ccccc87)cccc65)c34)nc(-c3cccc4c3sc3ccccc34)n2)c(O)c1O. The highest BCUT2D eigenvalue weighted by Gasteiger charge is 2.28. The third-order valence-electron chi connectivity index (χ3n) is 13.3. The molecule has 0 aliphatic carbocycles. The molecule has 0 bridgehead atoms. The first-order chi connectivity index (χ1) is 33.8. The number of fused-ring (bicyclic) bond motifs is 12. The highest BCUT2D eigenvalue weighted by Crippen LogP contribution is 2.54. The van der Waals surface area contributed by atoms with Crippen LogP contribution in [0.4, 0.5) is 0 Å². The molecular weight excluding hydrogens is 883 g/mol. The van der Waals surface area contributed by atoms with Gasteiger partial charge in [0.1, 0.15) is 16.7 Å². The first-order valence-electron chi connectivity index (χ1n) is 22.1. The number of para-hydroxylation sites is 3. The summed E-state index contributed by atoms with van der Waals surface area (Å²) >= 11 is 1.58. The fourth-order valence-corrected chi connectivity index (χ4v) is 11.5. The van der Waals surface area contributed by atoms with Crippen LogP contribution in [0.5, 0.6) is 28.7 Å². The lowest BCUT2D eigenvalue weighted by Crippen LogP contribution is -2.01. The van der Waals surface area contributed by atoms with Gasteiger partial charge in [0.05, 0.1) is 38.8 Å². The van der Waals surface area contributed by atoms with Crippen LogP contribution in [-0.4, -0.2) is 49.6 Å². The Balaban J connectivity index is 0.982. The van der Waals surface area contributed by atoms with Crippen molar-refractivity contribution in [1.82, 2.24) is 24.1 Å². The van der Waals surface area contributed by atoms with Gasteiger partial charge in [-0.1, -0.05) is 103 Å². The van der Waals surface area contributed by atoms with E-state index in [0.717, 1.165) is 75.2 Å². The molecule has 0 spiro atoms. The van der Waals surface area contributed by atoms with Crippen LogP contribution in [0.2, 0.25) is 0 Å². The van der Waals surface area contributed by atoms with Crippen LogP contribution in [-0.2, 0) is 0 Å². The second-order valence-electron chi connectivity index (χ2n) is 17.1. The maximum Gasteiger partial charge on any atom is 0.208 e. The smallest absolute Gasteiger partial charge is 0.208 e. The predicted molar refractivity (Wildman–Crippen MR) is 273 cm³/mol. The molecule has 69 heavy (non-hydrogen) atoms. The highest BCUT2D eigenvalue weighted by molar-refractivity contribution is 7.26. The fraction of sp³-hybridized carbons (Fsp3) is 0. The number of phenolic OH excluding ortho intramolecular Hbond substituents is 5. The molecule has 0 fully saturated rings. The summed E-state index contributed by atoms with van der Waals surface area (Å²) in [6, 6.07) is 57.7. The number of aromatic hydroxyl groups is 5. The van der Waals surface area contributed by atoms with E-state index in [0.29, 0.717) is 22.3 Å². The summed E-state index contributed by atoms with van der Waals surface area (Å²) in [6.07, 6.45) is 0. The average molecular weight is 916 g/mol. The zero-order valence-electron chi connectivity index (χ0n) is 36.0. The monoisotopic (exact) mass is 915 g/mol. The molecule has 0 saturated carbocycles. The molecule has 0 saturated heterocycles. The Morgan fingerprint density at radius 1 is 0.391 bits per heavy atom. The molecule has 5 N–H and O–H groups in total. The summed E-state index contributed by atoms with van der Waals surface area (Å²) in [5.74, 6) is -4.90. The van der Waals surface area contributed by atoms with Gasteiger partial charge in [-0.15, -0.1) is 11.3 Å². The summed E-state index contributed by atoms with van der Waals surface area (Å²) in [4.78, 5) is 14.4. The molecule has 0 atom stereocenters. The van der Waals surface area contributed by atoms with Gasteiger partial charge in [0.25, 0.3) is 0 Å². The molecule has 0 aliphatic rings. The molecule has 328 valence electrons. The van der Waals surface area contributed by atoms with E-state index in [-0.39, 0.29) is 17.5 Å². The molecule has 14 aromatic rings. The van der Waals surface area contributed by atoms with Crippen molar-refractivity contribution in [1.29, 1.82) is 0 Å². The topological polar surface area (TPSA) is 163 Å². The zero-order chi connectivity index (χ0) is 46.2. The molecule has 12 heteroatoms. The minimum atomic E-state index is -1.09. The second-order valence-corrected chi connectivity index (χ2v) is 18.1. The maximum absolute atomic E-state index is 11.1. The van der Waals surface area contributed by atoms with Crippen molar-refractivity contribution >= 4 is 97.1 Å². The van der Waals surface area contributed by atoms with Crippen molar-refractivity contribution in [2.45, 2.75) is 0 Å². The Labute approximate surface area is 393 Å². The van der Waals surface area contributed by atoms with Gasteiger partial charge in [-0.25, -0.2) is 15.0 Å². The van der Waals surface area contributed by atoms with E-state index in [1.165, 1.54) is 10.8 Å². The van der Waals surface area contributed by atoms with Crippen molar-refractivity contribution in [3.8, 4) is 74.3 Å². The van der Waals surface area contributed by atoms with Gasteiger partial charge in [-0.05, 0) is 66.7 Å². The van der Waals surface area contributed by atoms with Crippen LogP contribution in [0.3, 0.4) is 0 Å². The van der Waals surface area contributed by atoms with E-state index in [4.69, 9.17) is 19.4 Å². The van der Waals surface area contributed by atoms with E-state index in [9.17, 15) is 25.5 Å². The third kappa shape index (κ3) is 5.45. The van der Waals surface area contributed by atoms with Gasteiger partial charge < -0.3 is 39.1 Å². The van der Waals surface area contributed by atoms with Crippen molar-refractivity contribution in [2.24, 2.45) is 0 Å². The van der Waals surface area contributed by atoms with Crippen LogP contribution in [0.25, 0.3) is 131 Å². The Hall–Kier alpha value is -9.39. The van der Waals surface area contributed by atoms with Crippen molar-refractivity contribution in [3.05, 3.63) is 170 Å². The molecule has 0 aliphatic heterocycles. The standard InChI is InChI=1S/C57H33N5O6S/c63-49-48(50(64)52(66)53(67)51(49)65)57-59-55(58-56(60-57)36-17-9-16-33-32-14-4-8-25-45(32)69-54(33)36)29-26-27-35-44(28-29)68-43-24-11-23-42(47(35)43)62-39-20-7-3-15-34(39)46-40(21-10-22-41(46)62)61-37-18-5-1-12-30(37)31-13-2-6-19-38(31)61/h1-28,63-67H. The molecule has 5 heterocycles. The van der Waals surface area contributed by atoms with Crippen molar-refractivity contribution in [3.63, 3.8) is 0 Å². The molecule has 11 nitrogen and oxygen atoms in total. The van der Waals surface area contributed by atoms with Crippen LogP contribution >= 0.6 is 11.3 Å². The van der Waals surface area contributed by atoms with Gasteiger partial charge in [-0.3, -0.25) is 0 Å². The maximum atomic E-state index is 11.1.